The van der Waals surface area contributed by atoms with Gasteiger partial charge >= 0.3 is 12.1 Å². The second-order valence-electron chi connectivity index (χ2n) is 8.95. The Morgan fingerprint density at radius 1 is 1.03 bits per heavy atom. The zero-order valence-corrected chi connectivity index (χ0v) is 19.1. The van der Waals surface area contributed by atoms with Crippen LogP contribution in [0.3, 0.4) is 0 Å². The second kappa shape index (κ2) is 9.66. The Labute approximate surface area is 202 Å². The molecule has 0 aliphatic heterocycles. The first kappa shape index (κ1) is 22.7. The van der Waals surface area contributed by atoms with Gasteiger partial charge in [-0.15, -0.1) is 0 Å². The van der Waals surface area contributed by atoms with Crippen molar-refractivity contribution in [2.45, 2.75) is 43.8 Å². The maximum absolute atomic E-state index is 13.3. The van der Waals surface area contributed by atoms with Crippen LogP contribution >= 0.6 is 0 Å². The standard InChI is InChI=1S/C27H26N2O6/c30-25(31)13-24(26(32)29(18-9-10-18)14-17-11-12-34-15-17)28-27(33)35-16-23-21-7-3-1-5-19(21)20-6-2-4-8-22(20)23/h1-8,11-12,15,18,23-24H,9-10,13-14,16H2,(H,28,33)(H,30,31). The number of alkyl carbamates (subject to hydrolysis) is 1. The van der Waals surface area contributed by atoms with Crippen LogP contribution in [0.25, 0.3) is 11.1 Å². The topological polar surface area (TPSA) is 109 Å². The number of aliphatic carboxylic acids is 1. The number of carboxylic acids is 1. The molecule has 1 heterocycles. The Kier molecular flexibility index (Phi) is 6.27. The summed E-state index contributed by atoms with van der Waals surface area (Å²) in [6, 6.07) is 16.5. The highest BCUT2D eigenvalue weighted by atomic mass is 16.5. The number of rotatable bonds is 9. The monoisotopic (exact) mass is 474 g/mol. The summed E-state index contributed by atoms with van der Waals surface area (Å²) in [5, 5.41) is 11.9. The summed E-state index contributed by atoms with van der Waals surface area (Å²) >= 11 is 0. The van der Waals surface area contributed by atoms with Crippen molar-refractivity contribution in [3.05, 3.63) is 83.8 Å². The van der Waals surface area contributed by atoms with Gasteiger partial charge in [0.25, 0.3) is 0 Å². The molecule has 0 bridgehead atoms. The Balaban J connectivity index is 1.27. The molecule has 3 aromatic rings. The quantitative estimate of drug-likeness (QED) is 0.482. The number of fused-ring (bicyclic) bond motifs is 3. The largest absolute Gasteiger partial charge is 0.481 e. The zero-order valence-electron chi connectivity index (χ0n) is 19.1. The highest BCUT2D eigenvalue weighted by Gasteiger charge is 2.38. The van der Waals surface area contributed by atoms with Crippen molar-refractivity contribution in [2.75, 3.05) is 6.61 Å². The number of amides is 2. The summed E-state index contributed by atoms with van der Waals surface area (Å²) in [5.74, 6) is -1.75. The number of hydrogen-bond donors (Lipinski definition) is 2. The predicted octanol–water partition coefficient (Wildman–Crippen LogP) is 4.15. The van der Waals surface area contributed by atoms with Crippen molar-refractivity contribution in [1.29, 1.82) is 0 Å². The van der Waals surface area contributed by atoms with Crippen molar-refractivity contribution in [2.24, 2.45) is 0 Å². The second-order valence-corrected chi connectivity index (χ2v) is 8.95. The Bertz CT molecular complexity index is 1190. The van der Waals surface area contributed by atoms with Crippen molar-refractivity contribution in [1.82, 2.24) is 10.2 Å². The van der Waals surface area contributed by atoms with Gasteiger partial charge in [0, 0.05) is 24.1 Å². The third-order valence-electron chi connectivity index (χ3n) is 6.52. The van der Waals surface area contributed by atoms with E-state index in [2.05, 4.69) is 5.32 Å². The Morgan fingerprint density at radius 2 is 1.69 bits per heavy atom. The van der Waals surface area contributed by atoms with Crippen LogP contribution in [0.15, 0.2) is 71.5 Å². The number of carbonyl (C=O) groups is 3. The summed E-state index contributed by atoms with van der Waals surface area (Å²) in [4.78, 5) is 39.1. The van der Waals surface area contributed by atoms with E-state index in [-0.39, 0.29) is 18.6 Å². The fourth-order valence-corrected chi connectivity index (χ4v) is 4.71. The molecule has 2 N–H and O–H groups in total. The van der Waals surface area contributed by atoms with Gasteiger partial charge in [-0.2, -0.15) is 0 Å². The fourth-order valence-electron chi connectivity index (χ4n) is 4.71. The minimum atomic E-state index is -1.23. The molecule has 8 nitrogen and oxygen atoms in total. The van der Waals surface area contributed by atoms with E-state index in [4.69, 9.17) is 9.15 Å². The van der Waals surface area contributed by atoms with E-state index in [0.717, 1.165) is 40.7 Å². The number of nitrogens with zero attached hydrogens (tertiary/aromatic N) is 1. The maximum Gasteiger partial charge on any atom is 0.407 e. The molecule has 35 heavy (non-hydrogen) atoms. The number of carboxylic acid groups (broad SMARTS) is 1. The van der Waals surface area contributed by atoms with E-state index in [1.54, 1.807) is 17.2 Å². The lowest BCUT2D eigenvalue weighted by atomic mass is 9.98. The van der Waals surface area contributed by atoms with Crippen LogP contribution in [0.5, 0.6) is 0 Å². The normalized spacial score (nSPS) is 15.1. The molecule has 2 aliphatic rings. The number of nitrogens with one attached hydrogen (secondary N) is 1. The van der Waals surface area contributed by atoms with E-state index in [1.807, 2.05) is 48.5 Å². The summed E-state index contributed by atoms with van der Waals surface area (Å²) in [6.45, 7) is 0.373. The van der Waals surface area contributed by atoms with Gasteiger partial charge in [0.2, 0.25) is 5.91 Å². The first-order chi connectivity index (χ1) is 17.0. The van der Waals surface area contributed by atoms with Gasteiger partial charge < -0.3 is 24.5 Å². The highest BCUT2D eigenvalue weighted by molar-refractivity contribution is 5.89. The maximum atomic E-state index is 13.3. The van der Waals surface area contributed by atoms with Gasteiger partial charge in [0.05, 0.1) is 18.9 Å². The average molecular weight is 475 g/mol. The Morgan fingerprint density at radius 3 is 2.26 bits per heavy atom. The van der Waals surface area contributed by atoms with Crippen LogP contribution < -0.4 is 5.32 Å². The van der Waals surface area contributed by atoms with E-state index < -0.39 is 30.4 Å². The molecule has 8 heteroatoms. The molecular formula is C27H26N2O6. The average Bonchev–Trinajstić information content (AvgIpc) is 3.46. The van der Waals surface area contributed by atoms with Crippen LogP contribution in [0.1, 0.15) is 41.9 Å². The molecule has 2 aliphatic carbocycles. The molecule has 1 fully saturated rings. The summed E-state index contributed by atoms with van der Waals surface area (Å²) < 4.78 is 10.6. The summed E-state index contributed by atoms with van der Waals surface area (Å²) in [5.41, 5.74) is 5.16. The van der Waals surface area contributed by atoms with Crippen LogP contribution in [0.2, 0.25) is 0 Å². The molecule has 1 atom stereocenters. The van der Waals surface area contributed by atoms with Crippen LogP contribution in [0, 0.1) is 0 Å². The van der Waals surface area contributed by atoms with Crippen molar-refractivity contribution in [3.63, 3.8) is 0 Å². The lowest BCUT2D eigenvalue weighted by Gasteiger charge is -2.27. The lowest BCUT2D eigenvalue weighted by Crippen LogP contribution is -2.50. The van der Waals surface area contributed by atoms with Gasteiger partial charge in [-0.3, -0.25) is 9.59 Å². The molecular weight excluding hydrogens is 448 g/mol. The van der Waals surface area contributed by atoms with Crippen LogP contribution in [-0.4, -0.2) is 46.7 Å². The third-order valence-corrected chi connectivity index (χ3v) is 6.52. The number of benzene rings is 2. The van der Waals surface area contributed by atoms with Gasteiger partial charge in [-0.05, 0) is 41.2 Å². The van der Waals surface area contributed by atoms with Crippen molar-refractivity contribution in [3.8, 4) is 11.1 Å². The minimum absolute atomic E-state index is 0.0259. The van der Waals surface area contributed by atoms with Crippen LogP contribution in [0.4, 0.5) is 4.79 Å². The van der Waals surface area contributed by atoms with Gasteiger partial charge in [-0.1, -0.05) is 48.5 Å². The lowest BCUT2D eigenvalue weighted by molar-refractivity contribution is -0.143. The molecule has 2 amide bonds. The molecule has 1 aromatic heterocycles. The zero-order chi connectivity index (χ0) is 24.4. The van der Waals surface area contributed by atoms with E-state index in [9.17, 15) is 19.5 Å². The first-order valence-electron chi connectivity index (χ1n) is 11.7. The van der Waals surface area contributed by atoms with E-state index >= 15 is 0 Å². The molecule has 5 rings (SSSR count). The fraction of sp³-hybridized carbons (Fsp3) is 0.296. The molecule has 1 unspecified atom stereocenters. The third kappa shape index (κ3) is 4.91. The Hall–Kier alpha value is -4.07. The number of ether oxygens (including phenoxy) is 1. The van der Waals surface area contributed by atoms with Crippen molar-refractivity contribution < 1.29 is 28.6 Å². The molecule has 1 saturated carbocycles. The van der Waals surface area contributed by atoms with E-state index in [0.29, 0.717) is 6.54 Å². The van der Waals surface area contributed by atoms with E-state index in [1.165, 1.54) is 6.26 Å². The minimum Gasteiger partial charge on any atom is -0.481 e. The molecule has 0 saturated heterocycles. The molecule has 2 aromatic carbocycles. The molecule has 0 radical (unpaired) electrons. The first-order valence-corrected chi connectivity index (χ1v) is 11.7. The van der Waals surface area contributed by atoms with Gasteiger partial charge in [-0.25, -0.2) is 4.79 Å². The molecule has 0 spiro atoms. The number of furan rings is 1. The SMILES string of the molecule is O=C(O)CC(NC(=O)OCC1c2ccccc2-c2ccccc21)C(=O)N(Cc1ccoc1)C1CC1. The summed E-state index contributed by atoms with van der Waals surface area (Å²) in [7, 11) is 0. The number of carbonyl (C=O) groups excluding carboxylic acids is 2. The number of hydrogen-bond acceptors (Lipinski definition) is 5. The predicted molar refractivity (Wildman–Crippen MR) is 127 cm³/mol. The van der Waals surface area contributed by atoms with Crippen molar-refractivity contribution >= 4 is 18.0 Å². The summed E-state index contributed by atoms with van der Waals surface area (Å²) in [6.07, 6.45) is 3.41. The van der Waals surface area contributed by atoms with Gasteiger partial charge in [0.1, 0.15) is 12.6 Å². The van der Waals surface area contributed by atoms with Gasteiger partial charge in [0.15, 0.2) is 0 Å². The smallest absolute Gasteiger partial charge is 0.407 e. The van der Waals surface area contributed by atoms with Crippen LogP contribution in [-0.2, 0) is 20.9 Å². The molecule has 180 valence electrons. The highest BCUT2D eigenvalue weighted by Crippen LogP contribution is 2.44.